The molecule has 0 aliphatic heterocycles. The van der Waals surface area contributed by atoms with Gasteiger partial charge in [0, 0.05) is 14.2 Å². The van der Waals surface area contributed by atoms with Gasteiger partial charge in [0.25, 0.3) is 0 Å². The summed E-state index contributed by atoms with van der Waals surface area (Å²) in [7, 11) is 3.73. The van der Waals surface area contributed by atoms with Crippen molar-refractivity contribution in [2.75, 3.05) is 14.2 Å². The maximum absolute atomic E-state index is 10.2. The summed E-state index contributed by atoms with van der Waals surface area (Å²) in [4.78, 5) is 0. The molecule has 0 aromatic carbocycles. The van der Waals surface area contributed by atoms with E-state index in [9.17, 15) is 5.11 Å². The van der Waals surface area contributed by atoms with Crippen molar-refractivity contribution in [3.63, 3.8) is 0 Å². The first-order valence-electron chi connectivity index (χ1n) is 9.48. The Morgan fingerprint density at radius 2 is 1.50 bits per heavy atom. The van der Waals surface area contributed by atoms with Crippen LogP contribution >= 0.6 is 0 Å². The second kappa shape index (κ2) is 6.07. The number of methoxy groups -OCH3 is 2. The van der Waals surface area contributed by atoms with Gasteiger partial charge in [-0.25, -0.2) is 0 Å². The summed E-state index contributed by atoms with van der Waals surface area (Å²) < 4.78 is 12.0. The molecule has 0 aromatic rings. The molecule has 4 saturated carbocycles. The molecule has 0 saturated heterocycles. The van der Waals surface area contributed by atoms with Crippen molar-refractivity contribution < 1.29 is 14.6 Å². The molecule has 4 aliphatic carbocycles. The molecular formula is C19H32O3. The molecule has 1 N–H and O–H groups in total. The predicted octanol–water partition coefficient (Wildman–Crippen LogP) is 3.25. The zero-order valence-corrected chi connectivity index (χ0v) is 14.1. The lowest BCUT2D eigenvalue weighted by Crippen LogP contribution is -2.59. The molecule has 0 aromatic heterocycles. The Morgan fingerprint density at radius 3 is 2.27 bits per heavy atom. The Labute approximate surface area is 134 Å². The molecule has 4 rings (SSSR count). The largest absolute Gasteiger partial charge is 0.393 e. The van der Waals surface area contributed by atoms with Crippen LogP contribution < -0.4 is 0 Å². The second-order valence-electron chi connectivity index (χ2n) is 8.37. The van der Waals surface area contributed by atoms with Crippen LogP contribution in [0.5, 0.6) is 0 Å². The highest BCUT2D eigenvalue weighted by Crippen LogP contribution is 2.58. The molecule has 22 heavy (non-hydrogen) atoms. The number of ether oxygens (including phenoxy) is 2. The quantitative estimate of drug-likeness (QED) is 0.851. The van der Waals surface area contributed by atoms with Crippen LogP contribution in [0.15, 0.2) is 0 Å². The average molecular weight is 308 g/mol. The number of fused-ring (bicyclic) bond motifs is 5. The van der Waals surface area contributed by atoms with Crippen LogP contribution in [0.2, 0.25) is 0 Å². The standard InChI is InChI=1S/C19H32O3/c1-21-18-16-10-12(20)7-9-14(16)15-8-6-11-4-3-5-13(11)17(15)19(18)22-2/h11-20H,3-10H2,1-2H3. The molecular weight excluding hydrogens is 276 g/mol. The van der Waals surface area contributed by atoms with Crippen molar-refractivity contribution in [3.8, 4) is 0 Å². The maximum atomic E-state index is 10.2. The third kappa shape index (κ3) is 2.27. The van der Waals surface area contributed by atoms with Crippen LogP contribution in [-0.4, -0.2) is 37.6 Å². The molecule has 3 heteroatoms. The smallest absolute Gasteiger partial charge is 0.0869 e. The summed E-state index contributed by atoms with van der Waals surface area (Å²) >= 11 is 0. The molecule has 3 nitrogen and oxygen atoms in total. The minimum Gasteiger partial charge on any atom is -0.393 e. The molecule has 0 amide bonds. The van der Waals surface area contributed by atoms with Crippen LogP contribution in [0, 0.1) is 35.5 Å². The zero-order valence-electron chi connectivity index (χ0n) is 14.1. The predicted molar refractivity (Wildman–Crippen MR) is 85.5 cm³/mol. The van der Waals surface area contributed by atoms with Gasteiger partial charge in [-0.15, -0.1) is 0 Å². The fraction of sp³-hybridized carbons (Fsp3) is 1.00. The summed E-state index contributed by atoms with van der Waals surface area (Å²) in [6.07, 6.45) is 10.5. The van der Waals surface area contributed by atoms with E-state index in [4.69, 9.17) is 9.47 Å². The molecule has 4 fully saturated rings. The highest BCUT2D eigenvalue weighted by atomic mass is 16.5. The number of rotatable bonds is 2. The first-order valence-corrected chi connectivity index (χ1v) is 9.48. The summed E-state index contributed by atoms with van der Waals surface area (Å²) in [5.41, 5.74) is 0. The summed E-state index contributed by atoms with van der Waals surface area (Å²) in [6.45, 7) is 0. The van der Waals surface area contributed by atoms with Crippen LogP contribution in [0.4, 0.5) is 0 Å². The SMILES string of the molecule is COC1C2CC(O)CCC2C2CCC3CCCC3C2C1OC. The van der Waals surface area contributed by atoms with Crippen LogP contribution in [-0.2, 0) is 9.47 Å². The number of hydrogen-bond acceptors (Lipinski definition) is 3. The van der Waals surface area contributed by atoms with Crippen molar-refractivity contribution in [2.24, 2.45) is 35.5 Å². The molecule has 9 atom stereocenters. The van der Waals surface area contributed by atoms with E-state index in [2.05, 4.69) is 0 Å². The van der Waals surface area contributed by atoms with Crippen LogP contribution in [0.25, 0.3) is 0 Å². The van der Waals surface area contributed by atoms with Gasteiger partial charge in [-0.2, -0.15) is 0 Å². The normalized spacial score (nSPS) is 54.4. The lowest BCUT2D eigenvalue weighted by atomic mass is 9.51. The van der Waals surface area contributed by atoms with Gasteiger partial charge in [0.05, 0.1) is 18.3 Å². The minimum atomic E-state index is -0.129. The third-order valence-electron chi connectivity index (χ3n) is 7.72. The molecule has 4 aliphatic rings. The Hall–Kier alpha value is -0.120. The van der Waals surface area contributed by atoms with Gasteiger partial charge in [-0.05, 0) is 74.0 Å². The Balaban J connectivity index is 1.67. The zero-order chi connectivity index (χ0) is 15.3. The Morgan fingerprint density at radius 1 is 0.727 bits per heavy atom. The van der Waals surface area contributed by atoms with Gasteiger partial charge < -0.3 is 14.6 Å². The average Bonchev–Trinajstić information content (AvgIpc) is 3.01. The van der Waals surface area contributed by atoms with Crippen molar-refractivity contribution in [2.45, 2.75) is 69.7 Å². The van der Waals surface area contributed by atoms with Gasteiger partial charge in [0.15, 0.2) is 0 Å². The minimum absolute atomic E-state index is 0.129. The van der Waals surface area contributed by atoms with Crippen molar-refractivity contribution in [1.82, 2.24) is 0 Å². The lowest BCUT2D eigenvalue weighted by Gasteiger charge is -2.57. The van der Waals surface area contributed by atoms with E-state index < -0.39 is 0 Å². The topological polar surface area (TPSA) is 38.7 Å². The van der Waals surface area contributed by atoms with E-state index in [-0.39, 0.29) is 18.3 Å². The molecule has 0 radical (unpaired) electrons. The highest BCUT2D eigenvalue weighted by molar-refractivity contribution is 5.06. The van der Waals surface area contributed by atoms with Gasteiger partial charge >= 0.3 is 0 Å². The Kier molecular flexibility index (Phi) is 4.25. The van der Waals surface area contributed by atoms with Crippen molar-refractivity contribution in [3.05, 3.63) is 0 Å². The highest BCUT2D eigenvalue weighted by Gasteiger charge is 2.57. The van der Waals surface area contributed by atoms with Crippen LogP contribution in [0.1, 0.15) is 51.4 Å². The van der Waals surface area contributed by atoms with Crippen LogP contribution in [0.3, 0.4) is 0 Å². The summed E-state index contributed by atoms with van der Waals surface area (Å²) in [5.74, 6) is 4.58. The monoisotopic (exact) mass is 308 g/mol. The summed E-state index contributed by atoms with van der Waals surface area (Å²) in [5, 5.41) is 10.2. The fourth-order valence-electron chi connectivity index (χ4n) is 7.01. The number of aliphatic hydroxyl groups excluding tert-OH is 1. The van der Waals surface area contributed by atoms with E-state index >= 15 is 0 Å². The lowest BCUT2D eigenvalue weighted by molar-refractivity contribution is -0.195. The number of hydrogen-bond donors (Lipinski definition) is 1. The van der Waals surface area contributed by atoms with E-state index in [0.717, 1.165) is 36.5 Å². The van der Waals surface area contributed by atoms with E-state index in [1.165, 1.54) is 38.5 Å². The summed E-state index contributed by atoms with van der Waals surface area (Å²) in [6, 6.07) is 0. The number of aliphatic hydroxyl groups is 1. The Bertz CT molecular complexity index is 390. The molecule has 0 heterocycles. The first-order chi connectivity index (χ1) is 10.7. The van der Waals surface area contributed by atoms with Gasteiger partial charge in [-0.3, -0.25) is 0 Å². The van der Waals surface area contributed by atoms with Gasteiger partial charge in [0.2, 0.25) is 0 Å². The maximum Gasteiger partial charge on any atom is 0.0869 e. The second-order valence-corrected chi connectivity index (χ2v) is 8.37. The van der Waals surface area contributed by atoms with Gasteiger partial charge in [0.1, 0.15) is 0 Å². The molecule has 126 valence electrons. The molecule has 0 bridgehead atoms. The van der Waals surface area contributed by atoms with Crippen molar-refractivity contribution >= 4 is 0 Å². The first kappa shape index (κ1) is 15.4. The molecule has 9 unspecified atom stereocenters. The molecule has 0 spiro atoms. The van der Waals surface area contributed by atoms with E-state index in [1.54, 1.807) is 0 Å². The van der Waals surface area contributed by atoms with Crippen molar-refractivity contribution in [1.29, 1.82) is 0 Å². The van der Waals surface area contributed by atoms with Gasteiger partial charge in [-0.1, -0.05) is 12.8 Å². The third-order valence-corrected chi connectivity index (χ3v) is 7.72. The van der Waals surface area contributed by atoms with E-state index in [0.29, 0.717) is 11.8 Å². The fourth-order valence-corrected chi connectivity index (χ4v) is 7.01. The van der Waals surface area contributed by atoms with E-state index in [1.807, 2.05) is 14.2 Å².